The van der Waals surface area contributed by atoms with Gasteiger partial charge in [0.25, 0.3) is 0 Å². The monoisotopic (exact) mass is 172 g/mol. The molecule has 1 N–H and O–H groups in total. The first kappa shape index (κ1) is 9.48. The highest BCUT2D eigenvalue weighted by molar-refractivity contribution is 5.78. The Labute approximate surface area is 72.9 Å². The number of likely N-dealkylation sites (N-methyl/N-ethyl adjacent to an activating group) is 1. The molecule has 1 atom stereocenters. The lowest BCUT2D eigenvalue weighted by Crippen LogP contribution is -2.47. The van der Waals surface area contributed by atoms with Gasteiger partial charge in [0.2, 0.25) is 5.91 Å². The predicted octanol–water partition coefficient (Wildman–Crippen LogP) is -0.547. The summed E-state index contributed by atoms with van der Waals surface area (Å²) in [5, 5.41) is 3.10. The zero-order valence-electron chi connectivity index (χ0n) is 7.67. The molecule has 70 valence electrons. The Morgan fingerprint density at radius 1 is 1.75 bits per heavy atom. The molecule has 0 spiro atoms. The van der Waals surface area contributed by atoms with Crippen molar-refractivity contribution in [3.05, 3.63) is 0 Å². The first-order chi connectivity index (χ1) is 5.74. The Hall–Kier alpha value is -0.610. The quantitative estimate of drug-likeness (QED) is 0.621. The fourth-order valence-corrected chi connectivity index (χ4v) is 1.17. The maximum absolute atomic E-state index is 11.2. The molecule has 1 amide bonds. The van der Waals surface area contributed by atoms with Crippen LogP contribution in [0.1, 0.15) is 6.92 Å². The summed E-state index contributed by atoms with van der Waals surface area (Å²) >= 11 is 0. The van der Waals surface area contributed by atoms with Crippen molar-refractivity contribution in [2.24, 2.45) is 0 Å². The second kappa shape index (κ2) is 4.42. The largest absolute Gasteiger partial charge is 0.370 e. The number of nitrogens with zero attached hydrogens (tertiary/aromatic N) is 1. The van der Waals surface area contributed by atoms with Gasteiger partial charge >= 0.3 is 0 Å². The van der Waals surface area contributed by atoms with Crippen LogP contribution in [0.3, 0.4) is 0 Å². The third kappa shape index (κ3) is 2.46. The van der Waals surface area contributed by atoms with E-state index in [4.69, 9.17) is 4.74 Å². The number of ether oxygens (including phenoxy) is 1. The molecular formula is C8H16N2O2. The molecule has 12 heavy (non-hydrogen) atoms. The fourth-order valence-electron chi connectivity index (χ4n) is 1.17. The maximum atomic E-state index is 11.2. The zero-order chi connectivity index (χ0) is 8.97. The molecule has 4 nitrogen and oxygen atoms in total. The Bertz CT molecular complexity index is 161. The van der Waals surface area contributed by atoms with Gasteiger partial charge in [0.15, 0.2) is 0 Å². The standard InChI is InChI=1S/C8H16N2O2/c1-7(9-2)5-10-3-4-12-6-8(10)11/h7,9H,3-6H2,1-2H3. The Balaban J connectivity index is 2.34. The van der Waals surface area contributed by atoms with E-state index in [0.29, 0.717) is 12.6 Å². The lowest BCUT2D eigenvalue weighted by atomic mass is 10.3. The first-order valence-corrected chi connectivity index (χ1v) is 4.27. The van der Waals surface area contributed by atoms with Crippen molar-refractivity contribution in [3.63, 3.8) is 0 Å². The fraction of sp³-hybridized carbons (Fsp3) is 0.875. The van der Waals surface area contributed by atoms with Crippen LogP contribution in [-0.4, -0.2) is 50.2 Å². The van der Waals surface area contributed by atoms with Gasteiger partial charge in [-0.25, -0.2) is 0 Å². The Kier molecular flexibility index (Phi) is 3.49. The van der Waals surface area contributed by atoms with Crippen LogP contribution in [0.5, 0.6) is 0 Å². The van der Waals surface area contributed by atoms with Gasteiger partial charge in [-0.15, -0.1) is 0 Å². The molecule has 0 radical (unpaired) electrons. The smallest absolute Gasteiger partial charge is 0.248 e. The highest BCUT2D eigenvalue weighted by atomic mass is 16.5. The first-order valence-electron chi connectivity index (χ1n) is 4.27. The van der Waals surface area contributed by atoms with E-state index in [1.807, 2.05) is 11.9 Å². The van der Waals surface area contributed by atoms with Crippen LogP contribution in [0.15, 0.2) is 0 Å². The molecule has 0 saturated carbocycles. The molecular weight excluding hydrogens is 156 g/mol. The lowest BCUT2D eigenvalue weighted by Gasteiger charge is -2.29. The molecule has 0 bridgehead atoms. The number of hydrogen-bond acceptors (Lipinski definition) is 3. The van der Waals surface area contributed by atoms with Gasteiger partial charge in [0.05, 0.1) is 6.61 Å². The van der Waals surface area contributed by atoms with Crippen molar-refractivity contribution >= 4 is 5.91 Å². The van der Waals surface area contributed by atoms with Gasteiger partial charge in [-0.1, -0.05) is 0 Å². The van der Waals surface area contributed by atoms with E-state index in [0.717, 1.165) is 13.1 Å². The summed E-state index contributed by atoms with van der Waals surface area (Å²) in [7, 11) is 1.90. The maximum Gasteiger partial charge on any atom is 0.248 e. The van der Waals surface area contributed by atoms with Crippen molar-refractivity contribution in [1.82, 2.24) is 10.2 Å². The van der Waals surface area contributed by atoms with E-state index >= 15 is 0 Å². The summed E-state index contributed by atoms with van der Waals surface area (Å²) in [6.45, 7) is 4.48. The normalized spacial score (nSPS) is 21.2. The molecule has 1 heterocycles. The van der Waals surface area contributed by atoms with Gasteiger partial charge in [-0.3, -0.25) is 4.79 Å². The molecule has 4 heteroatoms. The molecule has 0 aromatic heterocycles. The van der Waals surface area contributed by atoms with Gasteiger partial charge in [0.1, 0.15) is 6.61 Å². The SMILES string of the molecule is CNC(C)CN1CCOCC1=O. The lowest BCUT2D eigenvalue weighted by molar-refractivity contribution is -0.142. The predicted molar refractivity (Wildman–Crippen MR) is 45.9 cm³/mol. The van der Waals surface area contributed by atoms with Crippen LogP contribution in [0, 0.1) is 0 Å². The van der Waals surface area contributed by atoms with E-state index in [1.165, 1.54) is 0 Å². The van der Waals surface area contributed by atoms with Gasteiger partial charge in [0, 0.05) is 19.1 Å². The van der Waals surface area contributed by atoms with Crippen LogP contribution in [0.4, 0.5) is 0 Å². The number of morpholine rings is 1. The number of amides is 1. The summed E-state index contributed by atoms with van der Waals surface area (Å²) in [5.74, 6) is 0.100. The summed E-state index contributed by atoms with van der Waals surface area (Å²) in [6, 6.07) is 0.354. The number of rotatable bonds is 3. The van der Waals surface area contributed by atoms with Crippen molar-refractivity contribution in [2.75, 3.05) is 33.4 Å². The molecule has 1 saturated heterocycles. The summed E-state index contributed by atoms with van der Waals surface area (Å²) in [5.41, 5.74) is 0. The zero-order valence-corrected chi connectivity index (χ0v) is 7.67. The highest BCUT2D eigenvalue weighted by Crippen LogP contribution is 1.99. The minimum absolute atomic E-state index is 0.100. The van der Waals surface area contributed by atoms with E-state index in [2.05, 4.69) is 12.2 Å². The Morgan fingerprint density at radius 2 is 2.50 bits per heavy atom. The summed E-state index contributed by atoms with van der Waals surface area (Å²) in [4.78, 5) is 13.1. The molecule has 0 aromatic carbocycles. The van der Waals surface area contributed by atoms with Crippen LogP contribution in [-0.2, 0) is 9.53 Å². The molecule has 1 aliphatic rings. The summed E-state index contributed by atoms with van der Waals surface area (Å²) < 4.78 is 5.02. The van der Waals surface area contributed by atoms with Crippen molar-refractivity contribution in [3.8, 4) is 0 Å². The molecule has 1 unspecified atom stereocenters. The molecule has 1 aliphatic heterocycles. The summed E-state index contributed by atoms with van der Waals surface area (Å²) in [6.07, 6.45) is 0. The van der Waals surface area contributed by atoms with Crippen molar-refractivity contribution in [2.45, 2.75) is 13.0 Å². The van der Waals surface area contributed by atoms with Crippen LogP contribution in [0.25, 0.3) is 0 Å². The minimum Gasteiger partial charge on any atom is -0.370 e. The topological polar surface area (TPSA) is 41.6 Å². The number of nitrogens with one attached hydrogen (secondary N) is 1. The number of carbonyl (C=O) groups is 1. The average molecular weight is 172 g/mol. The van der Waals surface area contributed by atoms with E-state index in [1.54, 1.807) is 0 Å². The number of hydrogen-bond donors (Lipinski definition) is 1. The molecule has 1 rings (SSSR count). The molecule has 0 aliphatic carbocycles. The Morgan fingerprint density at radius 3 is 3.08 bits per heavy atom. The third-order valence-corrected chi connectivity index (χ3v) is 2.07. The van der Waals surface area contributed by atoms with Gasteiger partial charge in [-0.2, -0.15) is 0 Å². The second-order valence-corrected chi connectivity index (χ2v) is 3.08. The minimum atomic E-state index is 0.100. The van der Waals surface area contributed by atoms with Crippen molar-refractivity contribution in [1.29, 1.82) is 0 Å². The highest BCUT2D eigenvalue weighted by Gasteiger charge is 2.19. The third-order valence-electron chi connectivity index (χ3n) is 2.07. The molecule has 1 fully saturated rings. The van der Waals surface area contributed by atoms with Crippen LogP contribution >= 0.6 is 0 Å². The van der Waals surface area contributed by atoms with E-state index < -0.39 is 0 Å². The van der Waals surface area contributed by atoms with Crippen LogP contribution < -0.4 is 5.32 Å². The van der Waals surface area contributed by atoms with Gasteiger partial charge < -0.3 is 15.0 Å². The second-order valence-electron chi connectivity index (χ2n) is 3.08. The number of carbonyl (C=O) groups excluding carboxylic acids is 1. The van der Waals surface area contributed by atoms with Crippen LogP contribution in [0.2, 0.25) is 0 Å². The molecule has 0 aromatic rings. The average Bonchev–Trinajstić information content (AvgIpc) is 2.09. The van der Waals surface area contributed by atoms with Gasteiger partial charge in [-0.05, 0) is 14.0 Å². The van der Waals surface area contributed by atoms with E-state index in [9.17, 15) is 4.79 Å². The van der Waals surface area contributed by atoms with Crippen molar-refractivity contribution < 1.29 is 9.53 Å². The van der Waals surface area contributed by atoms with E-state index in [-0.39, 0.29) is 12.5 Å².